The number of anilines is 1. The van der Waals surface area contributed by atoms with Gasteiger partial charge in [-0.2, -0.15) is 0 Å². The average Bonchev–Trinajstić information content (AvgIpc) is 3.16. The van der Waals surface area contributed by atoms with Crippen LogP contribution in [0.4, 0.5) is 5.13 Å². The van der Waals surface area contributed by atoms with E-state index >= 15 is 0 Å². The van der Waals surface area contributed by atoms with Crippen LogP contribution in [0.1, 0.15) is 21.9 Å². The Morgan fingerprint density at radius 2 is 2.14 bits per heavy atom. The number of carbonyl (C=O) groups is 1. The van der Waals surface area contributed by atoms with Crippen LogP contribution in [0.3, 0.4) is 0 Å². The number of amides is 1. The molecule has 7 heteroatoms. The van der Waals surface area contributed by atoms with Gasteiger partial charge in [-0.3, -0.25) is 4.79 Å². The Kier molecular flexibility index (Phi) is 4.08. The number of nitrogens with one attached hydrogen (secondary N) is 1. The monoisotopic (exact) mass is 333 g/mol. The minimum Gasteiger partial charge on any atom is -0.361 e. The highest BCUT2D eigenvalue weighted by Gasteiger charge is 2.15. The van der Waals surface area contributed by atoms with Gasteiger partial charge >= 0.3 is 0 Å². The third kappa shape index (κ3) is 3.10. The number of aromatic nitrogens is 2. The third-order valence-corrected chi connectivity index (χ3v) is 5.04. The van der Waals surface area contributed by atoms with Crippen LogP contribution in [0.15, 0.2) is 22.0 Å². The zero-order valence-corrected chi connectivity index (χ0v) is 14.1. The van der Waals surface area contributed by atoms with Crippen LogP contribution in [-0.2, 0) is 11.2 Å². The molecule has 0 aliphatic carbocycles. The molecule has 1 N–H and O–H groups in total. The number of thiophene rings is 1. The predicted molar refractivity (Wildman–Crippen MR) is 88.5 cm³/mol. The summed E-state index contributed by atoms with van der Waals surface area (Å²) in [6, 6.07) is 4.11. The fourth-order valence-corrected chi connectivity index (χ4v) is 3.72. The third-order valence-electron chi connectivity index (χ3n) is 3.26. The van der Waals surface area contributed by atoms with Crippen LogP contribution in [0, 0.1) is 20.8 Å². The van der Waals surface area contributed by atoms with Gasteiger partial charge in [-0.15, -0.1) is 22.7 Å². The number of thiazole rings is 1. The van der Waals surface area contributed by atoms with Gasteiger partial charge in [0, 0.05) is 15.8 Å². The van der Waals surface area contributed by atoms with Crippen molar-refractivity contribution >= 4 is 33.7 Å². The van der Waals surface area contributed by atoms with Crippen molar-refractivity contribution in [2.45, 2.75) is 27.2 Å². The summed E-state index contributed by atoms with van der Waals surface area (Å²) in [6.07, 6.45) is 0.244. The van der Waals surface area contributed by atoms with Crippen molar-refractivity contribution in [2.75, 3.05) is 5.32 Å². The van der Waals surface area contributed by atoms with Gasteiger partial charge in [0.25, 0.3) is 0 Å². The summed E-state index contributed by atoms with van der Waals surface area (Å²) in [6.45, 7) is 5.70. The Morgan fingerprint density at radius 1 is 1.32 bits per heavy atom. The molecule has 0 aliphatic rings. The first-order valence-corrected chi connectivity index (χ1v) is 8.46. The fourth-order valence-electron chi connectivity index (χ4n) is 2.09. The van der Waals surface area contributed by atoms with Crippen molar-refractivity contribution in [2.24, 2.45) is 0 Å². The average molecular weight is 333 g/mol. The molecule has 0 fully saturated rings. The zero-order chi connectivity index (χ0) is 15.7. The Hall–Kier alpha value is -1.99. The minimum absolute atomic E-state index is 0.113. The molecule has 0 unspecified atom stereocenters. The number of hydrogen-bond acceptors (Lipinski definition) is 6. The summed E-state index contributed by atoms with van der Waals surface area (Å²) in [5.41, 5.74) is 2.49. The van der Waals surface area contributed by atoms with Crippen molar-refractivity contribution in [3.63, 3.8) is 0 Å². The SMILES string of the molecule is Cc1ccc(-c2csc(NC(=O)Cc3c(C)noc3C)n2)s1. The predicted octanol–water partition coefficient (Wildman–Crippen LogP) is 3.97. The van der Waals surface area contributed by atoms with Crippen LogP contribution in [0.5, 0.6) is 0 Å². The van der Waals surface area contributed by atoms with E-state index in [1.165, 1.54) is 16.2 Å². The maximum Gasteiger partial charge on any atom is 0.230 e. The lowest BCUT2D eigenvalue weighted by Gasteiger charge is -2.01. The molecule has 0 spiro atoms. The van der Waals surface area contributed by atoms with E-state index in [0.717, 1.165) is 21.8 Å². The summed E-state index contributed by atoms with van der Waals surface area (Å²) in [7, 11) is 0. The van der Waals surface area contributed by atoms with Gasteiger partial charge in [-0.25, -0.2) is 4.98 Å². The van der Waals surface area contributed by atoms with E-state index in [0.29, 0.717) is 10.9 Å². The summed E-state index contributed by atoms with van der Waals surface area (Å²) < 4.78 is 5.07. The van der Waals surface area contributed by atoms with Crippen molar-refractivity contribution < 1.29 is 9.32 Å². The maximum atomic E-state index is 12.1. The lowest BCUT2D eigenvalue weighted by atomic mass is 10.1. The normalized spacial score (nSPS) is 10.9. The molecule has 3 rings (SSSR count). The molecule has 3 heterocycles. The van der Waals surface area contributed by atoms with Gasteiger partial charge in [0.1, 0.15) is 5.76 Å². The summed E-state index contributed by atoms with van der Waals surface area (Å²) in [5.74, 6) is 0.569. The van der Waals surface area contributed by atoms with Crippen LogP contribution >= 0.6 is 22.7 Å². The van der Waals surface area contributed by atoms with Gasteiger partial charge in [0.2, 0.25) is 5.91 Å². The summed E-state index contributed by atoms with van der Waals surface area (Å²) in [5, 5.41) is 9.26. The molecule has 1 amide bonds. The Balaban J connectivity index is 1.69. The minimum atomic E-state index is -0.113. The van der Waals surface area contributed by atoms with Gasteiger partial charge in [0.05, 0.1) is 22.7 Å². The van der Waals surface area contributed by atoms with Crippen molar-refractivity contribution in [1.29, 1.82) is 0 Å². The van der Waals surface area contributed by atoms with Crippen LogP contribution in [-0.4, -0.2) is 16.0 Å². The van der Waals surface area contributed by atoms with E-state index < -0.39 is 0 Å². The number of rotatable bonds is 4. The first kappa shape index (κ1) is 14.9. The summed E-state index contributed by atoms with van der Waals surface area (Å²) in [4.78, 5) is 18.9. The Morgan fingerprint density at radius 3 is 2.77 bits per heavy atom. The standard InChI is InChI=1S/C15H15N3O2S2/c1-8-4-5-13(22-8)12-7-21-15(16-12)17-14(19)6-11-9(2)18-20-10(11)3/h4-5,7H,6H2,1-3H3,(H,16,17,19). The largest absolute Gasteiger partial charge is 0.361 e. The molecule has 3 aromatic heterocycles. The molecule has 0 bridgehead atoms. The van der Waals surface area contributed by atoms with Crippen molar-refractivity contribution in [3.8, 4) is 10.6 Å². The number of aryl methyl sites for hydroxylation is 3. The second-order valence-corrected chi connectivity index (χ2v) is 7.12. The van der Waals surface area contributed by atoms with E-state index in [1.807, 2.05) is 25.3 Å². The second kappa shape index (κ2) is 6.02. The second-order valence-electron chi connectivity index (χ2n) is 4.98. The van der Waals surface area contributed by atoms with E-state index in [9.17, 15) is 4.79 Å². The maximum absolute atomic E-state index is 12.1. The number of nitrogens with zero attached hydrogens (tertiary/aromatic N) is 2. The molecule has 0 saturated carbocycles. The van der Waals surface area contributed by atoms with Gasteiger partial charge in [-0.05, 0) is 32.9 Å². The molecular formula is C15H15N3O2S2. The number of hydrogen-bond donors (Lipinski definition) is 1. The number of carbonyl (C=O) groups excluding carboxylic acids is 1. The lowest BCUT2D eigenvalue weighted by Crippen LogP contribution is -2.15. The smallest absolute Gasteiger partial charge is 0.230 e. The van der Waals surface area contributed by atoms with Crippen LogP contribution in [0.25, 0.3) is 10.6 Å². The lowest BCUT2D eigenvalue weighted by molar-refractivity contribution is -0.115. The van der Waals surface area contributed by atoms with E-state index in [4.69, 9.17) is 4.52 Å². The molecule has 0 saturated heterocycles. The van der Waals surface area contributed by atoms with Gasteiger partial charge in [0.15, 0.2) is 5.13 Å². The highest BCUT2D eigenvalue weighted by molar-refractivity contribution is 7.17. The topological polar surface area (TPSA) is 68.0 Å². The highest BCUT2D eigenvalue weighted by atomic mass is 32.1. The fraction of sp³-hybridized carbons (Fsp3) is 0.267. The van der Waals surface area contributed by atoms with E-state index in [1.54, 1.807) is 11.3 Å². The Bertz CT molecular complexity index is 797. The molecule has 0 radical (unpaired) electrons. The van der Waals surface area contributed by atoms with Crippen molar-refractivity contribution in [1.82, 2.24) is 10.1 Å². The Labute approximate surface area is 136 Å². The molecule has 3 aromatic rings. The van der Waals surface area contributed by atoms with Crippen molar-refractivity contribution in [3.05, 3.63) is 39.4 Å². The van der Waals surface area contributed by atoms with Crippen LogP contribution in [0.2, 0.25) is 0 Å². The van der Waals surface area contributed by atoms with Crippen LogP contribution < -0.4 is 5.32 Å². The first-order valence-electron chi connectivity index (χ1n) is 6.77. The first-order chi connectivity index (χ1) is 10.5. The molecule has 114 valence electrons. The summed E-state index contributed by atoms with van der Waals surface area (Å²) >= 11 is 3.12. The quantitative estimate of drug-likeness (QED) is 0.784. The van der Waals surface area contributed by atoms with E-state index in [-0.39, 0.29) is 12.3 Å². The molecule has 0 atom stereocenters. The van der Waals surface area contributed by atoms with Gasteiger partial charge < -0.3 is 9.84 Å². The molecule has 22 heavy (non-hydrogen) atoms. The zero-order valence-electron chi connectivity index (χ0n) is 12.5. The van der Waals surface area contributed by atoms with Gasteiger partial charge in [-0.1, -0.05) is 5.16 Å². The highest BCUT2D eigenvalue weighted by Crippen LogP contribution is 2.30. The van der Waals surface area contributed by atoms with E-state index in [2.05, 4.69) is 28.4 Å². The molecular weight excluding hydrogens is 318 g/mol. The molecule has 0 aromatic carbocycles. The molecule has 0 aliphatic heterocycles. The molecule has 5 nitrogen and oxygen atoms in total.